The molecule has 0 aliphatic carbocycles. The number of halogens is 1. The molecule has 1 N–H and O–H groups in total. The number of hydrogen-bond acceptors (Lipinski definition) is 5. The second-order valence-electron chi connectivity index (χ2n) is 4.68. The van der Waals surface area contributed by atoms with E-state index < -0.39 is 11.9 Å². The maximum Gasteiger partial charge on any atom is 0.339 e. The molecule has 0 aliphatic heterocycles. The summed E-state index contributed by atoms with van der Waals surface area (Å²) in [5.41, 5.74) is 0.791. The zero-order chi connectivity index (χ0) is 17.7. The monoisotopic (exact) mass is 349 g/mol. The predicted octanol–water partition coefficient (Wildman–Crippen LogP) is 3.40. The molecule has 2 rings (SSSR count). The van der Waals surface area contributed by atoms with Crippen molar-refractivity contribution >= 4 is 29.2 Å². The van der Waals surface area contributed by atoms with Crippen molar-refractivity contribution < 1.29 is 23.8 Å². The molecule has 0 bridgehead atoms. The van der Waals surface area contributed by atoms with Crippen LogP contribution in [0, 0.1) is 0 Å². The Morgan fingerprint density at radius 1 is 1.00 bits per heavy atom. The summed E-state index contributed by atoms with van der Waals surface area (Å²) in [6, 6.07) is 9.54. The Balaban J connectivity index is 2.36. The first-order valence-electron chi connectivity index (χ1n) is 6.92. The molecule has 24 heavy (non-hydrogen) atoms. The number of esters is 1. The number of anilines is 1. The van der Waals surface area contributed by atoms with Crippen LogP contribution in [0.4, 0.5) is 5.69 Å². The third-order valence-corrected chi connectivity index (χ3v) is 3.61. The molecule has 0 saturated carbocycles. The van der Waals surface area contributed by atoms with Crippen LogP contribution in [0.3, 0.4) is 0 Å². The van der Waals surface area contributed by atoms with Crippen molar-refractivity contribution in [3.05, 3.63) is 52.5 Å². The number of carbonyl (C=O) groups is 2. The van der Waals surface area contributed by atoms with Crippen LogP contribution in [-0.4, -0.2) is 33.2 Å². The highest BCUT2D eigenvalue weighted by Gasteiger charge is 2.19. The molecule has 2 aromatic carbocycles. The van der Waals surface area contributed by atoms with Gasteiger partial charge in [-0.15, -0.1) is 0 Å². The van der Waals surface area contributed by atoms with Gasteiger partial charge in [-0.25, -0.2) is 4.79 Å². The SMILES string of the molecule is COC(=O)c1cc(NC(=O)c2c(OC)cccc2OC)ccc1Cl. The third kappa shape index (κ3) is 3.60. The third-order valence-electron chi connectivity index (χ3n) is 3.28. The molecule has 126 valence electrons. The van der Waals surface area contributed by atoms with Crippen LogP contribution in [0.15, 0.2) is 36.4 Å². The smallest absolute Gasteiger partial charge is 0.339 e. The van der Waals surface area contributed by atoms with Crippen LogP contribution in [0.5, 0.6) is 11.5 Å². The Labute approximate surface area is 144 Å². The molecule has 7 heteroatoms. The Morgan fingerprint density at radius 3 is 2.17 bits per heavy atom. The highest BCUT2D eigenvalue weighted by atomic mass is 35.5. The van der Waals surface area contributed by atoms with Gasteiger partial charge < -0.3 is 19.5 Å². The van der Waals surface area contributed by atoms with Gasteiger partial charge in [0.25, 0.3) is 5.91 Å². The van der Waals surface area contributed by atoms with Gasteiger partial charge in [0.2, 0.25) is 0 Å². The Morgan fingerprint density at radius 2 is 1.62 bits per heavy atom. The maximum atomic E-state index is 12.6. The summed E-state index contributed by atoms with van der Waals surface area (Å²) < 4.78 is 15.1. The fourth-order valence-electron chi connectivity index (χ4n) is 2.14. The molecule has 1 amide bonds. The van der Waals surface area contributed by atoms with E-state index in [2.05, 4.69) is 10.1 Å². The van der Waals surface area contributed by atoms with E-state index >= 15 is 0 Å². The number of nitrogens with one attached hydrogen (secondary N) is 1. The highest BCUT2D eigenvalue weighted by Crippen LogP contribution is 2.29. The van der Waals surface area contributed by atoms with Crippen LogP contribution >= 0.6 is 11.6 Å². The van der Waals surface area contributed by atoms with Crippen molar-refractivity contribution in [2.45, 2.75) is 0 Å². The predicted molar refractivity (Wildman–Crippen MR) is 90.3 cm³/mol. The van der Waals surface area contributed by atoms with E-state index in [-0.39, 0.29) is 16.1 Å². The first-order chi connectivity index (χ1) is 11.5. The van der Waals surface area contributed by atoms with Gasteiger partial charge in [0.1, 0.15) is 17.1 Å². The van der Waals surface area contributed by atoms with Crippen molar-refractivity contribution in [1.82, 2.24) is 0 Å². The van der Waals surface area contributed by atoms with Gasteiger partial charge in [-0.2, -0.15) is 0 Å². The van der Waals surface area contributed by atoms with Crippen LogP contribution in [0.1, 0.15) is 20.7 Å². The number of amides is 1. The molecular weight excluding hydrogens is 334 g/mol. The Kier molecular flexibility index (Phi) is 5.65. The van der Waals surface area contributed by atoms with Crippen molar-refractivity contribution in [1.29, 1.82) is 0 Å². The molecule has 0 aromatic heterocycles. The normalized spacial score (nSPS) is 10.0. The van der Waals surface area contributed by atoms with E-state index in [1.54, 1.807) is 24.3 Å². The zero-order valence-corrected chi connectivity index (χ0v) is 14.1. The molecule has 0 saturated heterocycles. The number of benzene rings is 2. The summed E-state index contributed by atoms with van der Waals surface area (Å²) in [6.45, 7) is 0. The lowest BCUT2D eigenvalue weighted by Gasteiger charge is -2.13. The summed E-state index contributed by atoms with van der Waals surface area (Å²) >= 11 is 5.97. The number of rotatable bonds is 5. The lowest BCUT2D eigenvalue weighted by atomic mass is 10.1. The van der Waals surface area contributed by atoms with Gasteiger partial charge in [-0.3, -0.25) is 4.79 Å². The fraction of sp³-hybridized carbons (Fsp3) is 0.176. The summed E-state index contributed by atoms with van der Waals surface area (Å²) in [5, 5.41) is 2.92. The van der Waals surface area contributed by atoms with E-state index in [9.17, 15) is 9.59 Å². The van der Waals surface area contributed by atoms with Gasteiger partial charge in [0.15, 0.2) is 0 Å². The van der Waals surface area contributed by atoms with Crippen LogP contribution in [-0.2, 0) is 4.74 Å². The minimum atomic E-state index is -0.592. The molecule has 0 atom stereocenters. The van der Waals surface area contributed by atoms with E-state index in [1.165, 1.54) is 33.5 Å². The molecule has 2 aromatic rings. The molecule has 0 heterocycles. The Hall–Kier alpha value is -2.73. The summed E-state index contributed by atoms with van der Waals surface area (Å²) in [7, 11) is 4.18. The quantitative estimate of drug-likeness (QED) is 0.837. The lowest BCUT2D eigenvalue weighted by Crippen LogP contribution is -2.15. The van der Waals surface area contributed by atoms with Crippen LogP contribution in [0.25, 0.3) is 0 Å². The minimum Gasteiger partial charge on any atom is -0.496 e. The zero-order valence-electron chi connectivity index (χ0n) is 13.4. The average Bonchev–Trinajstić information content (AvgIpc) is 2.61. The van der Waals surface area contributed by atoms with Crippen LogP contribution < -0.4 is 14.8 Å². The largest absolute Gasteiger partial charge is 0.496 e. The molecular formula is C17H16ClNO5. The van der Waals surface area contributed by atoms with E-state index in [0.29, 0.717) is 17.2 Å². The average molecular weight is 350 g/mol. The Bertz CT molecular complexity index is 753. The minimum absolute atomic E-state index is 0.156. The topological polar surface area (TPSA) is 73.9 Å². The summed E-state index contributed by atoms with van der Waals surface area (Å²) in [6.07, 6.45) is 0. The number of hydrogen-bond donors (Lipinski definition) is 1. The van der Waals surface area contributed by atoms with Gasteiger partial charge in [-0.05, 0) is 30.3 Å². The fourth-order valence-corrected chi connectivity index (χ4v) is 2.33. The first-order valence-corrected chi connectivity index (χ1v) is 7.29. The number of ether oxygens (including phenoxy) is 3. The molecule has 0 spiro atoms. The van der Waals surface area contributed by atoms with Crippen LogP contribution in [0.2, 0.25) is 5.02 Å². The van der Waals surface area contributed by atoms with E-state index in [1.807, 2.05) is 0 Å². The van der Waals surface area contributed by atoms with E-state index in [4.69, 9.17) is 21.1 Å². The van der Waals surface area contributed by atoms with Gasteiger partial charge in [0.05, 0.1) is 31.9 Å². The second-order valence-corrected chi connectivity index (χ2v) is 5.09. The lowest BCUT2D eigenvalue weighted by molar-refractivity contribution is 0.0600. The highest BCUT2D eigenvalue weighted by molar-refractivity contribution is 6.33. The standard InChI is InChI=1S/C17H16ClNO5/c1-22-13-5-4-6-14(23-2)15(13)16(20)19-10-7-8-12(18)11(9-10)17(21)24-3/h4-9H,1-3H3,(H,19,20). The molecule has 0 unspecified atom stereocenters. The first kappa shape index (κ1) is 17.6. The second kappa shape index (κ2) is 7.70. The molecule has 0 aliphatic rings. The van der Waals surface area contributed by atoms with Crippen molar-refractivity contribution in [3.63, 3.8) is 0 Å². The van der Waals surface area contributed by atoms with Gasteiger partial charge >= 0.3 is 5.97 Å². The molecule has 0 fully saturated rings. The summed E-state index contributed by atoms with van der Waals surface area (Å²) in [5.74, 6) is -0.295. The number of carbonyl (C=O) groups excluding carboxylic acids is 2. The summed E-state index contributed by atoms with van der Waals surface area (Å²) in [4.78, 5) is 24.3. The molecule has 0 radical (unpaired) electrons. The van der Waals surface area contributed by atoms with E-state index in [0.717, 1.165) is 0 Å². The molecule has 6 nitrogen and oxygen atoms in total. The van der Waals surface area contributed by atoms with Gasteiger partial charge in [-0.1, -0.05) is 17.7 Å². The van der Waals surface area contributed by atoms with Gasteiger partial charge in [0, 0.05) is 5.69 Å². The van der Waals surface area contributed by atoms with Crippen molar-refractivity contribution in [2.75, 3.05) is 26.6 Å². The maximum absolute atomic E-state index is 12.6. The van der Waals surface area contributed by atoms with Crippen molar-refractivity contribution in [2.24, 2.45) is 0 Å². The van der Waals surface area contributed by atoms with Crippen molar-refractivity contribution in [3.8, 4) is 11.5 Å². The number of methoxy groups -OCH3 is 3.